The molecule has 6 heteroatoms. The van der Waals surface area contributed by atoms with Crippen LogP contribution >= 0.6 is 23.5 Å². The van der Waals surface area contributed by atoms with Crippen LogP contribution in [0.5, 0.6) is 0 Å². The summed E-state index contributed by atoms with van der Waals surface area (Å²) in [5, 5.41) is 19.4. The second-order valence-electron chi connectivity index (χ2n) is 6.60. The summed E-state index contributed by atoms with van der Waals surface area (Å²) in [6, 6.07) is 21.4. The highest BCUT2D eigenvalue weighted by Gasteiger charge is 2.33. The Kier molecular flexibility index (Phi) is 6.20. The maximum atomic E-state index is 13.4. The molecule has 1 aliphatic rings. The molecule has 4 rings (SSSR count). The summed E-state index contributed by atoms with van der Waals surface area (Å²) in [6.45, 7) is -0.323. The van der Waals surface area contributed by atoms with E-state index in [1.54, 1.807) is 36.4 Å². The third kappa shape index (κ3) is 3.87. The van der Waals surface area contributed by atoms with Crippen molar-refractivity contribution in [3.8, 4) is 0 Å². The monoisotopic (exact) mass is 434 g/mol. The van der Waals surface area contributed by atoms with E-state index in [9.17, 15) is 19.8 Å². The van der Waals surface area contributed by atoms with Crippen molar-refractivity contribution in [3.63, 3.8) is 0 Å². The summed E-state index contributed by atoms with van der Waals surface area (Å²) >= 11 is 2.40. The smallest absolute Gasteiger partial charge is 0.201 e. The average molecular weight is 435 g/mol. The number of fused-ring (bicyclic) bond motifs is 1. The van der Waals surface area contributed by atoms with Gasteiger partial charge in [-0.15, -0.1) is 0 Å². The second kappa shape index (κ2) is 9.02. The zero-order valence-corrected chi connectivity index (χ0v) is 17.5. The molecule has 0 heterocycles. The molecule has 0 saturated heterocycles. The highest BCUT2D eigenvalue weighted by atomic mass is 32.2. The number of thioether (sulfide) groups is 2. The zero-order chi connectivity index (χ0) is 21.1. The number of hydrogen-bond donors (Lipinski definition) is 2. The van der Waals surface area contributed by atoms with Gasteiger partial charge in [-0.2, -0.15) is 0 Å². The van der Waals surface area contributed by atoms with Crippen LogP contribution in [0.4, 0.5) is 0 Å². The fraction of sp³-hybridized carbons (Fsp3) is 0.0833. The summed E-state index contributed by atoms with van der Waals surface area (Å²) in [5.74, 6) is -0.432. The second-order valence-corrected chi connectivity index (χ2v) is 8.70. The molecular formula is C24H18O4S2. The minimum Gasteiger partial charge on any atom is -0.392 e. The van der Waals surface area contributed by atoms with Crippen molar-refractivity contribution < 1.29 is 19.8 Å². The van der Waals surface area contributed by atoms with Crippen LogP contribution in [0.1, 0.15) is 31.8 Å². The van der Waals surface area contributed by atoms with Gasteiger partial charge in [-0.25, -0.2) is 0 Å². The van der Waals surface area contributed by atoms with Gasteiger partial charge >= 0.3 is 0 Å². The van der Waals surface area contributed by atoms with Crippen molar-refractivity contribution in [2.24, 2.45) is 0 Å². The normalized spacial score (nSPS) is 13.5. The fourth-order valence-electron chi connectivity index (χ4n) is 3.20. The molecule has 0 aromatic heterocycles. The third-order valence-electron chi connectivity index (χ3n) is 4.74. The number of rotatable bonds is 6. The van der Waals surface area contributed by atoms with Crippen LogP contribution in [0.3, 0.4) is 0 Å². The fourth-order valence-corrected chi connectivity index (χ4v) is 5.49. The predicted octanol–water partition coefficient (Wildman–Crippen LogP) is 4.85. The maximum absolute atomic E-state index is 13.4. The van der Waals surface area contributed by atoms with Gasteiger partial charge in [0.25, 0.3) is 0 Å². The first-order valence-corrected chi connectivity index (χ1v) is 10.9. The SMILES string of the molecule is O=C1C(Sc2ccccc2CO)=C(Sc2ccccc2CO)C(=O)c2ccccc21. The van der Waals surface area contributed by atoms with Crippen LogP contribution in [0.2, 0.25) is 0 Å². The number of ketones is 2. The van der Waals surface area contributed by atoms with Crippen molar-refractivity contribution in [1.29, 1.82) is 0 Å². The van der Waals surface area contributed by atoms with Crippen molar-refractivity contribution in [1.82, 2.24) is 0 Å². The van der Waals surface area contributed by atoms with E-state index in [4.69, 9.17) is 0 Å². The van der Waals surface area contributed by atoms with E-state index in [0.717, 1.165) is 9.79 Å². The molecule has 3 aromatic rings. The average Bonchev–Trinajstić information content (AvgIpc) is 2.80. The molecule has 4 nitrogen and oxygen atoms in total. The Morgan fingerprint density at radius 2 is 0.933 bits per heavy atom. The van der Waals surface area contributed by atoms with Gasteiger partial charge in [0.05, 0.1) is 23.0 Å². The van der Waals surface area contributed by atoms with Gasteiger partial charge in [0.15, 0.2) is 0 Å². The minimum atomic E-state index is -0.216. The summed E-state index contributed by atoms with van der Waals surface area (Å²) in [5.41, 5.74) is 2.14. The lowest BCUT2D eigenvalue weighted by atomic mass is 9.94. The summed E-state index contributed by atoms with van der Waals surface area (Å²) < 4.78 is 0. The van der Waals surface area contributed by atoms with Crippen LogP contribution in [0, 0.1) is 0 Å². The first kappa shape index (κ1) is 20.6. The number of allylic oxidation sites excluding steroid dienone is 2. The van der Waals surface area contributed by atoms with Crippen molar-refractivity contribution in [2.45, 2.75) is 23.0 Å². The minimum absolute atomic E-state index is 0.162. The summed E-state index contributed by atoms with van der Waals surface area (Å²) in [7, 11) is 0. The number of carbonyl (C=O) groups excluding carboxylic acids is 2. The molecule has 3 aromatic carbocycles. The van der Waals surface area contributed by atoms with E-state index in [1.165, 1.54) is 23.5 Å². The third-order valence-corrected chi connectivity index (χ3v) is 7.30. The van der Waals surface area contributed by atoms with Crippen molar-refractivity contribution >= 4 is 35.1 Å². The summed E-state index contributed by atoms with van der Waals surface area (Å²) in [6.07, 6.45) is 0. The molecule has 0 saturated carbocycles. The van der Waals surface area contributed by atoms with E-state index in [0.29, 0.717) is 32.1 Å². The first-order chi connectivity index (χ1) is 14.6. The van der Waals surface area contributed by atoms with E-state index < -0.39 is 0 Å². The lowest BCUT2D eigenvalue weighted by Crippen LogP contribution is -2.19. The number of Topliss-reactive ketones (excluding diaryl/α,β-unsaturated/α-hetero) is 2. The molecule has 0 bridgehead atoms. The molecular weight excluding hydrogens is 416 g/mol. The van der Waals surface area contributed by atoms with Gasteiger partial charge in [0.2, 0.25) is 11.6 Å². The Hall–Kier alpha value is -2.64. The lowest BCUT2D eigenvalue weighted by Gasteiger charge is -2.21. The van der Waals surface area contributed by atoms with Gasteiger partial charge in [0.1, 0.15) is 0 Å². The Bertz CT molecular complexity index is 1080. The Labute approximate surface area is 182 Å². The number of benzene rings is 3. The van der Waals surface area contributed by atoms with Crippen molar-refractivity contribution in [3.05, 3.63) is 105 Å². The topological polar surface area (TPSA) is 74.6 Å². The highest BCUT2D eigenvalue weighted by Crippen LogP contribution is 2.44. The Balaban J connectivity index is 1.86. The standard InChI is InChI=1S/C24H18O4S2/c25-13-15-7-1-5-11-19(15)29-23-21(27)17-9-3-4-10-18(17)22(28)24(23)30-20-12-6-2-8-16(20)14-26/h1-12,25-26H,13-14H2. The Morgan fingerprint density at radius 1 is 0.567 bits per heavy atom. The molecule has 1 aliphatic carbocycles. The van der Waals surface area contributed by atoms with Gasteiger partial charge < -0.3 is 10.2 Å². The lowest BCUT2D eigenvalue weighted by molar-refractivity contribution is 0.0988. The zero-order valence-electron chi connectivity index (χ0n) is 15.9. The van der Waals surface area contributed by atoms with Crippen LogP contribution in [0.15, 0.2) is 92.4 Å². The number of carbonyl (C=O) groups is 2. The van der Waals surface area contributed by atoms with Crippen LogP contribution < -0.4 is 0 Å². The van der Waals surface area contributed by atoms with Gasteiger partial charge in [-0.05, 0) is 23.3 Å². The largest absolute Gasteiger partial charge is 0.392 e. The van der Waals surface area contributed by atoms with Crippen LogP contribution in [-0.2, 0) is 13.2 Å². The molecule has 150 valence electrons. The van der Waals surface area contributed by atoms with Crippen molar-refractivity contribution in [2.75, 3.05) is 0 Å². The molecule has 0 spiro atoms. The van der Waals surface area contributed by atoms with Gasteiger partial charge in [-0.3, -0.25) is 9.59 Å². The number of hydrogen-bond acceptors (Lipinski definition) is 6. The number of aliphatic hydroxyl groups is 2. The Morgan fingerprint density at radius 3 is 1.33 bits per heavy atom. The molecule has 0 amide bonds. The predicted molar refractivity (Wildman–Crippen MR) is 119 cm³/mol. The van der Waals surface area contributed by atoms with E-state index >= 15 is 0 Å². The van der Waals surface area contributed by atoms with Gasteiger partial charge in [0, 0.05) is 20.9 Å². The molecule has 2 N–H and O–H groups in total. The number of aliphatic hydroxyl groups excluding tert-OH is 2. The first-order valence-electron chi connectivity index (χ1n) is 9.30. The molecule has 0 unspecified atom stereocenters. The summed E-state index contributed by atoms with van der Waals surface area (Å²) in [4.78, 5) is 28.8. The van der Waals surface area contributed by atoms with Crippen LogP contribution in [0.25, 0.3) is 0 Å². The highest BCUT2D eigenvalue weighted by molar-refractivity contribution is 8.08. The molecule has 30 heavy (non-hydrogen) atoms. The molecule has 0 fully saturated rings. The maximum Gasteiger partial charge on any atom is 0.201 e. The molecule has 0 atom stereocenters. The van der Waals surface area contributed by atoms with Gasteiger partial charge in [-0.1, -0.05) is 84.2 Å². The van der Waals surface area contributed by atoms with E-state index in [-0.39, 0.29) is 24.8 Å². The molecule has 0 aliphatic heterocycles. The van der Waals surface area contributed by atoms with E-state index in [2.05, 4.69) is 0 Å². The van der Waals surface area contributed by atoms with Crippen LogP contribution in [-0.4, -0.2) is 21.8 Å². The quantitative estimate of drug-likeness (QED) is 0.578. The van der Waals surface area contributed by atoms with E-state index in [1.807, 2.05) is 36.4 Å². The molecule has 0 radical (unpaired) electrons.